The highest BCUT2D eigenvalue weighted by Crippen LogP contribution is 2.28. The van der Waals surface area contributed by atoms with Crippen molar-refractivity contribution in [2.45, 2.75) is 26.2 Å². The average Bonchev–Trinajstić information content (AvgIpc) is 2.90. The van der Waals surface area contributed by atoms with Crippen LogP contribution in [-0.2, 0) is 24.7 Å². The van der Waals surface area contributed by atoms with Crippen LogP contribution < -0.4 is 4.90 Å². The molecular formula is C16H18N4O3. The molecule has 2 aromatic rings. The van der Waals surface area contributed by atoms with Gasteiger partial charge in [0.15, 0.2) is 0 Å². The van der Waals surface area contributed by atoms with Gasteiger partial charge in [-0.05, 0) is 25.3 Å². The van der Waals surface area contributed by atoms with Gasteiger partial charge in [0.25, 0.3) is 5.69 Å². The van der Waals surface area contributed by atoms with E-state index in [1.54, 1.807) is 34.8 Å². The number of hydrogen-bond acceptors (Lipinski definition) is 4. The minimum Gasteiger partial charge on any atom is -0.297 e. The number of nitro benzene ring substituents is 1. The summed E-state index contributed by atoms with van der Waals surface area (Å²) in [7, 11) is 1.82. The first-order valence-electron chi connectivity index (χ1n) is 7.53. The van der Waals surface area contributed by atoms with E-state index in [0.717, 1.165) is 24.2 Å². The SMILES string of the molecule is Cc1c(CC(=O)N2CCCc3cnn(C)c32)cccc1[N+](=O)[O-]. The topological polar surface area (TPSA) is 81.3 Å². The van der Waals surface area contributed by atoms with Crippen molar-refractivity contribution in [1.29, 1.82) is 0 Å². The number of anilines is 1. The first-order chi connectivity index (χ1) is 11.0. The molecule has 1 aliphatic heterocycles. The summed E-state index contributed by atoms with van der Waals surface area (Å²) < 4.78 is 1.71. The molecule has 1 amide bonds. The molecule has 0 fully saturated rings. The molecule has 7 heteroatoms. The van der Waals surface area contributed by atoms with Crippen LogP contribution in [0.15, 0.2) is 24.4 Å². The molecule has 1 aromatic carbocycles. The monoisotopic (exact) mass is 314 g/mol. The number of aromatic nitrogens is 2. The van der Waals surface area contributed by atoms with Gasteiger partial charge in [0, 0.05) is 30.8 Å². The summed E-state index contributed by atoms with van der Waals surface area (Å²) >= 11 is 0. The van der Waals surface area contributed by atoms with Crippen molar-refractivity contribution in [3.05, 3.63) is 51.2 Å². The minimum absolute atomic E-state index is 0.0511. The molecule has 0 radical (unpaired) electrons. The van der Waals surface area contributed by atoms with Gasteiger partial charge in [-0.1, -0.05) is 12.1 Å². The van der Waals surface area contributed by atoms with Crippen LogP contribution in [-0.4, -0.2) is 27.2 Å². The highest BCUT2D eigenvalue weighted by Gasteiger charge is 2.26. The van der Waals surface area contributed by atoms with E-state index in [4.69, 9.17) is 0 Å². The third kappa shape index (κ3) is 2.69. The quantitative estimate of drug-likeness (QED) is 0.642. The van der Waals surface area contributed by atoms with Crippen LogP contribution in [0.5, 0.6) is 0 Å². The number of carbonyl (C=O) groups excluding carboxylic acids is 1. The first kappa shape index (κ1) is 15.2. The number of aryl methyl sites for hydroxylation is 2. The Hall–Kier alpha value is -2.70. The fourth-order valence-electron chi connectivity index (χ4n) is 3.09. The van der Waals surface area contributed by atoms with E-state index >= 15 is 0 Å². The number of nitro groups is 1. The summed E-state index contributed by atoms with van der Waals surface area (Å²) in [5.74, 6) is 0.780. The maximum Gasteiger partial charge on any atom is 0.272 e. The van der Waals surface area contributed by atoms with E-state index in [0.29, 0.717) is 17.7 Å². The molecule has 2 heterocycles. The van der Waals surface area contributed by atoms with Crippen molar-refractivity contribution in [2.24, 2.45) is 7.05 Å². The lowest BCUT2D eigenvalue weighted by atomic mass is 10.0. The highest BCUT2D eigenvalue weighted by molar-refractivity contribution is 5.95. The van der Waals surface area contributed by atoms with Crippen molar-refractivity contribution in [3.63, 3.8) is 0 Å². The van der Waals surface area contributed by atoms with E-state index < -0.39 is 4.92 Å². The molecule has 0 atom stereocenters. The zero-order valence-corrected chi connectivity index (χ0v) is 13.2. The number of hydrogen-bond donors (Lipinski definition) is 0. The van der Waals surface area contributed by atoms with Gasteiger partial charge >= 0.3 is 0 Å². The maximum absolute atomic E-state index is 12.7. The largest absolute Gasteiger partial charge is 0.297 e. The number of fused-ring (bicyclic) bond motifs is 1. The second-order valence-corrected chi connectivity index (χ2v) is 5.76. The zero-order valence-electron chi connectivity index (χ0n) is 13.2. The number of benzene rings is 1. The fraction of sp³-hybridized carbons (Fsp3) is 0.375. The molecule has 120 valence electrons. The van der Waals surface area contributed by atoms with E-state index in [-0.39, 0.29) is 18.0 Å². The van der Waals surface area contributed by atoms with Gasteiger partial charge in [-0.15, -0.1) is 0 Å². The fourth-order valence-corrected chi connectivity index (χ4v) is 3.09. The Bertz CT molecular complexity index is 782. The lowest BCUT2D eigenvalue weighted by Gasteiger charge is -2.28. The Kier molecular flexibility index (Phi) is 3.85. The standard InChI is InChI=1S/C16H18N4O3/c1-11-12(5-3-7-14(11)20(22)23)9-15(21)19-8-4-6-13-10-17-18(2)16(13)19/h3,5,7,10H,4,6,8-9H2,1-2H3. The van der Waals surface area contributed by atoms with Crippen molar-refractivity contribution < 1.29 is 9.72 Å². The predicted molar refractivity (Wildman–Crippen MR) is 85.4 cm³/mol. The van der Waals surface area contributed by atoms with Crippen LogP contribution in [0.1, 0.15) is 23.1 Å². The molecule has 0 N–H and O–H groups in total. The zero-order chi connectivity index (χ0) is 16.6. The lowest BCUT2D eigenvalue weighted by Crippen LogP contribution is -2.37. The highest BCUT2D eigenvalue weighted by atomic mass is 16.6. The molecule has 0 saturated heterocycles. The second kappa shape index (κ2) is 5.83. The van der Waals surface area contributed by atoms with Crippen molar-refractivity contribution in [3.8, 4) is 0 Å². The Morgan fingerprint density at radius 3 is 2.96 bits per heavy atom. The van der Waals surface area contributed by atoms with E-state index in [1.807, 2.05) is 7.05 Å². The smallest absolute Gasteiger partial charge is 0.272 e. The molecular weight excluding hydrogens is 296 g/mol. The molecule has 1 aliphatic rings. The van der Waals surface area contributed by atoms with Gasteiger partial charge in [0.2, 0.25) is 5.91 Å². The Morgan fingerprint density at radius 1 is 1.43 bits per heavy atom. The van der Waals surface area contributed by atoms with Crippen molar-refractivity contribution >= 4 is 17.4 Å². The Balaban J connectivity index is 1.88. The Labute approximate surface area is 133 Å². The van der Waals surface area contributed by atoms with Crippen LogP contribution >= 0.6 is 0 Å². The van der Waals surface area contributed by atoms with Gasteiger partial charge in [-0.3, -0.25) is 24.5 Å². The van der Waals surface area contributed by atoms with Gasteiger partial charge in [-0.2, -0.15) is 5.10 Å². The van der Waals surface area contributed by atoms with Crippen LogP contribution in [0, 0.1) is 17.0 Å². The van der Waals surface area contributed by atoms with Crippen LogP contribution in [0.2, 0.25) is 0 Å². The average molecular weight is 314 g/mol. The number of nitrogens with zero attached hydrogens (tertiary/aromatic N) is 4. The molecule has 23 heavy (non-hydrogen) atoms. The third-order valence-corrected chi connectivity index (χ3v) is 4.32. The predicted octanol–water partition coefficient (Wildman–Crippen LogP) is 2.16. The van der Waals surface area contributed by atoms with Gasteiger partial charge < -0.3 is 0 Å². The molecule has 0 bridgehead atoms. The maximum atomic E-state index is 12.7. The summed E-state index contributed by atoms with van der Waals surface area (Å²) in [6.45, 7) is 2.34. The number of carbonyl (C=O) groups is 1. The third-order valence-electron chi connectivity index (χ3n) is 4.32. The van der Waals surface area contributed by atoms with E-state index in [1.165, 1.54) is 6.07 Å². The number of rotatable bonds is 3. The molecule has 1 aromatic heterocycles. The molecule has 7 nitrogen and oxygen atoms in total. The number of amides is 1. The van der Waals surface area contributed by atoms with Crippen molar-refractivity contribution in [1.82, 2.24) is 9.78 Å². The summed E-state index contributed by atoms with van der Waals surface area (Å²) in [5, 5.41) is 15.3. The molecule has 0 saturated carbocycles. The van der Waals surface area contributed by atoms with Crippen LogP contribution in [0.25, 0.3) is 0 Å². The molecule has 0 aliphatic carbocycles. The molecule has 3 rings (SSSR count). The first-order valence-corrected chi connectivity index (χ1v) is 7.53. The molecule has 0 spiro atoms. The van der Waals surface area contributed by atoms with Gasteiger partial charge in [-0.25, -0.2) is 0 Å². The summed E-state index contributed by atoms with van der Waals surface area (Å²) in [4.78, 5) is 25.1. The second-order valence-electron chi connectivity index (χ2n) is 5.76. The molecule has 0 unspecified atom stereocenters. The van der Waals surface area contributed by atoms with Gasteiger partial charge in [0.05, 0.1) is 17.5 Å². The Morgan fingerprint density at radius 2 is 2.22 bits per heavy atom. The minimum atomic E-state index is -0.413. The van der Waals surface area contributed by atoms with Crippen LogP contribution in [0.3, 0.4) is 0 Å². The van der Waals surface area contributed by atoms with Crippen molar-refractivity contribution in [2.75, 3.05) is 11.4 Å². The van der Waals surface area contributed by atoms with Crippen LogP contribution in [0.4, 0.5) is 11.5 Å². The summed E-state index contributed by atoms with van der Waals surface area (Å²) in [6, 6.07) is 4.86. The summed E-state index contributed by atoms with van der Waals surface area (Å²) in [6.07, 6.45) is 3.77. The normalized spacial score (nSPS) is 13.7. The summed E-state index contributed by atoms with van der Waals surface area (Å²) in [5.41, 5.74) is 2.37. The van der Waals surface area contributed by atoms with E-state index in [2.05, 4.69) is 5.10 Å². The lowest BCUT2D eigenvalue weighted by molar-refractivity contribution is -0.385. The van der Waals surface area contributed by atoms with Gasteiger partial charge in [0.1, 0.15) is 5.82 Å². The van der Waals surface area contributed by atoms with E-state index in [9.17, 15) is 14.9 Å².